The van der Waals surface area contributed by atoms with E-state index in [-0.39, 0.29) is 17.6 Å². The van der Waals surface area contributed by atoms with Gasteiger partial charge < -0.3 is 9.64 Å². The predicted molar refractivity (Wildman–Crippen MR) is 82.5 cm³/mol. The van der Waals surface area contributed by atoms with Crippen LogP contribution in [0.1, 0.15) is 45.6 Å². The SMILES string of the molecule is COC(=O)C(C)N1c2ccc(Cl)cc2C(C)CC1(C)C. The smallest absolute Gasteiger partial charge is 0.328 e. The lowest BCUT2D eigenvalue weighted by Gasteiger charge is -2.49. The molecule has 0 bridgehead atoms. The number of carbonyl (C=O) groups excluding carboxylic acids is 1. The molecular weight excluding hydrogens is 274 g/mol. The first-order valence-electron chi connectivity index (χ1n) is 6.94. The summed E-state index contributed by atoms with van der Waals surface area (Å²) in [5.74, 6) is 0.202. The summed E-state index contributed by atoms with van der Waals surface area (Å²) in [4.78, 5) is 14.1. The minimum absolute atomic E-state index is 0.103. The minimum atomic E-state index is -0.317. The number of benzene rings is 1. The van der Waals surface area contributed by atoms with Crippen molar-refractivity contribution in [2.75, 3.05) is 12.0 Å². The summed E-state index contributed by atoms with van der Waals surface area (Å²) in [5.41, 5.74) is 2.18. The molecule has 1 aliphatic rings. The Labute approximate surface area is 125 Å². The van der Waals surface area contributed by atoms with Crippen LogP contribution < -0.4 is 4.90 Å². The summed E-state index contributed by atoms with van der Waals surface area (Å²) in [6.07, 6.45) is 0.974. The van der Waals surface area contributed by atoms with Gasteiger partial charge in [-0.2, -0.15) is 0 Å². The molecule has 1 heterocycles. The second kappa shape index (κ2) is 5.28. The van der Waals surface area contributed by atoms with E-state index in [4.69, 9.17) is 16.3 Å². The second-order valence-corrected chi connectivity index (χ2v) is 6.63. The van der Waals surface area contributed by atoms with Crippen molar-refractivity contribution in [3.05, 3.63) is 28.8 Å². The first-order chi connectivity index (χ1) is 9.27. The normalized spacial score (nSPS) is 22.1. The molecule has 1 aromatic rings. The van der Waals surface area contributed by atoms with Gasteiger partial charge in [0.1, 0.15) is 6.04 Å². The van der Waals surface area contributed by atoms with Gasteiger partial charge in [0.2, 0.25) is 0 Å². The number of nitrogens with zero attached hydrogens (tertiary/aromatic N) is 1. The lowest BCUT2D eigenvalue weighted by molar-refractivity contribution is -0.142. The van der Waals surface area contributed by atoms with Crippen molar-refractivity contribution in [1.82, 2.24) is 0 Å². The van der Waals surface area contributed by atoms with Gasteiger partial charge in [0.15, 0.2) is 0 Å². The summed E-state index contributed by atoms with van der Waals surface area (Å²) >= 11 is 6.12. The van der Waals surface area contributed by atoms with Gasteiger partial charge in [-0.3, -0.25) is 0 Å². The van der Waals surface area contributed by atoms with Crippen LogP contribution in [0.25, 0.3) is 0 Å². The highest BCUT2D eigenvalue weighted by atomic mass is 35.5. The molecule has 4 heteroatoms. The summed E-state index contributed by atoms with van der Waals surface area (Å²) in [6, 6.07) is 5.58. The Morgan fingerprint density at radius 2 is 2.15 bits per heavy atom. The Bertz CT molecular complexity index is 527. The average molecular weight is 296 g/mol. The van der Waals surface area contributed by atoms with Crippen LogP contribution in [0.5, 0.6) is 0 Å². The predicted octanol–water partition coefficient (Wildman–Crippen LogP) is 3.99. The molecule has 0 aliphatic carbocycles. The van der Waals surface area contributed by atoms with E-state index < -0.39 is 0 Å². The number of anilines is 1. The van der Waals surface area contributed by atoms with Crippen LogP contribution in [0.4, 0.5) is 5.69 Å². The van der Waals surface area contributed by atoms with Crippen LogP contribution in [0.2, 0.25) is 5.02 Å². The first-order valence-corrected chi connectivity index (χ1v) is 7.32. The third kappa shape index (κ3) is 2.51. The highest BCUT2D eigenvalue weighted by molar-refractivity contribution is 6.30. The van der Waals surface area contributed by atoms with Crippen LogP contribution in [-0.4, -0.2) is 24.7 Å². The molecule has 2 atom stereocenters. The lowest BCUT2D eigenvalue weighted by Crippen LogP contribution is -2.55. The molecule has 0 spiro atoms. The Morgan fingerprint density at radius 3 is 2.75 bits per heavy atom. The van der Waals surface area contributed by atoms with Crippen molar-refractivity contribution >= 4 is 23.3 Å². The molecule has 2 unspecified atom stereocenters. The molecule has 20 heavy (non-hydrogen) atoms. The fourth-order valence-electron chi connectivity index (χ4n) is 3.43. The number of esters is 1. The van der Waals surface area contributed by atoms with Gasteiger partial charge in [0.25, 0.3) is 0 Å². The minimum Gasteiger partial charge on any atom is -0.467 e. The van der Waals surface area contributed by atoms with E-state index in [1.54, 1.807) is 0 Å². The lowest BCUT2D eigenvalue weighted by atomic mass is 9.79. The molecule has 3 nitrogen and oxygen atoms in total. The third-order valence-electron chi connectivity index (χ3n) is 4.17. The molecule has 0 amide bonds. The van der Waals surface area contributed by atoms with Crippen molar-refractivity contribution in [2.45, 2.75) is 51.6 Å². The quantitative estimate of drug-likeness (QED) is 0.773. The van der Waals surface area contributed by atoms with Crippen LogP contribution in [0.15, 0.2) is 18.2 Å². The van der Waals surface area contributed by atoms with Crippen molar-refractivity contribution in [1.29, 1.82) is 0 Å². The zero-order valence-electron chi connectivity index (χ0n) is 12.7. The van der Waals surface area contributed by atoms with Crippen LogP contribution in [0, 0.1) is 0 Å². The third-order valence-corrected chi connectivity index (χ3v) is 4.40. The first kappa shape index (κ1) is 15.2. The number of hydrogen-bond acceptors (Lipinski definition) is 3. The average Bonchev–Trinajstić information content (AvgIpc) is 2.37. The molecule has 0 saturated heterocycles. The van der Waals surface area contributed by atoms with Gasteiger partial charge in [-0.05, 0) is 56.9 Å². The summed E-state index contributed by atoms with van der Waals surface area (Å²) < 4.78 is 4.92. The number of carbonyl (C=O) groups is 1. The van der Waals surface area contributed by atoms with Crippen molar-refractivity contribution in [3.63, 3.8) is 0 Å². The number of hydrogen-bond donors (Lipinski definition) is 0. The van der Waals surface area contributed by atoms with E-state index >= 15 is 0 Å². The largest absolute Gasteiger partial charge is 0.467 e. The maximum Gasteiger partial charge on any atom is 0.328 e. The van der Waals surface area contributed by atoms with Gasteiger partial charge in [0.05, 0.1) is 7.11 Å². The van der Waals surface area contributed by atoms with Crippen LogP contribution in [0.3, 0.4) is 0 Å². The molecule has 1 aliphatic heterocycles. The fourth-order valence-corrected chi connectivity index (χ4v) is 3.61. The van der Waals surface area contributed by atoms with Gasteiger partial charge in [0, 0.05) is 16.2 Å². The van der Waals surface area contributed by atoms with E-state index in [1.807, 2.05) is 25.1 Å². The van der Waals surface area contributed by atoms with E-state index in [0.29, 0.717) is 5.92 Å². The van der Waals surface area contributed by atoms with E-state index in [1.165, 1.54) is 12.7 Å². The number of halogens is 1. The standard InChI is InChI=1S/C16H22ClNO2/c1-10-9-16(3,4)18(11(2)15(19)20-5)14-7-6-12(17)8-13(10)14/h6-8,10-11H,9H2,1-5H3. The topological polar surface area (TPSA) is 29.5 Å². The summed E-state index contributed by atoms with van der Waals surface area (Å²) in [7, 11) is 1.43. The number of methoxy groups -OCH3 is 1. The highest BCUT2D eigenvalue weighted by Crippen LogP contribution is 2.45. The number of rotatable bonds is 2. The Kier molecular flexibility index (Phi) is 4.01. The van der Waals surface area contributed by atoms with E-state index in [9.17, 15) is 4.79 Å². The number of ether oxygens (including phenoxy) is 1. The molecule has 2 rings (SSSR count). The maximum atomic E-state index is 12.0. The summed E-state index contributed by atoms with van der Waals surface area (Å²) in [6.45, 7) is 8.43. The number of fused-ring (bicyclic) bond motifs is 1. The second-order valence-electron chi connectivity index (χ2n) is 6.19. The van der Waals surface area contributed by atoms with E-state index in [2.05, 4.69) is 25.7 Å². The van der Waals surface area contributed by atoms with Crippen molar-refractivity contribution in [3.8, 4) is 0 Å². The molecule has 0 fully saturated rings. The molecule has 0 saturated carbocycles. The molecular formula is C16H22ClNO2. The molecule has 1 aromatic carbocycles. The Balaban J connectivity index is 2.54. The monoisotopic (exact) mass is 295 g/mol. The maximum absolute atomic E-state index is 12.0. The van der Waals surface area contributed by atoms with Gasteiger partial charge in [-0.25, -0.2) is 4.79 Å². The van der Waals surface area contributed by atoms with Crippen molar-refractivity contribution in [2.24, 2.45) is 0 Å². The van der Waals surface area contributed by atoms with Crippen LogP contribution in [-0.2, 0) is 9.53 Å². The fraction of sp³-hybridized carbons (Fsp3) is 0.562. The van der Waals surface area contributed by atoms with Crippen molar-refractivity contribution < 1.29 is 9.53 Å². The zero-order valence-corrected chi connectivity index (χ0v) is 13.5. The van der Waals surface area contributed by atoms with Gasteiger partial charge in [-0.15, -0.1) is 0 Å². The molecule has 110 valence electrons. The molecule has 0 N–H and O–H groups in total. The molecule has 0 aromatic heterocycles. The van der Waals surface area contributed by atoms with E-state index in [0.717, 1.165) is 17.1 Å². The summed E-state index contributed by atoms with van der Waals surface area (Å²) in [5, 5.41) is 0.737. The Morgan fingerprint density at radius 1 is 1.50 bits per heavy atom. The Hall–Kier alpha value is -1.22. The zero-order chi connectivity index (χ0) is 15.1. The van der Waals surface area contributed by atoms with Gasteiger partial charge >= 0.3 is 5.97 Å². The highest BCUT2D eigenvalue weighted by Gasteiger charge is 2.41. The van der Waals surface area contributed by atoms with Gasteiger partial charge in [-0.1, -0.05) is 18.5 Å². The van der Waals surface area contributed by atoms with Crippen LogP contribution >= 0.6 is 11.6 Å². The molecule has 0 radical (unpaired) electrons.